The van der Waals surface area contributed by atoms with Crippen molar-refractivity contribution in [3.63, 3.8) is 0 Å². The van der Waals surface area contributed by atoms with E-state index >= 15 is 0 Å². The molecule has 1 aromatic carbocycles. The molecule has 0 saturated heterocycles. The number of nitrogen functional groups attached to an aromatic ring is 1. The topological polar surface area (TPSA) is 47.7 Å². The second-order valence-corrected chi connectivity index (χ2v) is 6.33. The molecule has 2 aromatic rings. The van der Waals surface area contributed by atoms with Gasteiger partial charge < -0.3 is 20.1 Å². The Morgan fingerprint density at radius 3 is 2.67 bits per heavy atom. The van der Waals surface area contributed by atoms with Crippen LogP contribution in [-0.4, -0.2) is 26.3 Å². The molecule has 4 nitrogen and oxygen atoms in total. The molecule has 0 radical (unpaired) electrons. The van der Waals surface area contributed by atoms with E-state index in [1.165, 1.54) is 4.88 Å². The first kappa shape index (κ1) is 14.1. The molecule has 1 unspecified atom stereocenters. The molecule has 2 N–H and O–H groups in total. The summed E-state index contributed by atoms with van der Waals surface area (Å²) in [7, 11) is 2.07. The summed E-state index contributed by atoms with van der Waals surface area (Å²) in [6, 6.07) is 8.45. The zero-order chi connectivity index (χ0) is 14.8. The van der Waals surface area contributed by atoms with Crippen LogP contribution in [0, 0.1) is 0 Å². The fraction of sp³-hybridized carbons (Fsp3) is 0.375. The van der Waals surface area contributed by atoms with Crippen LogP contribution in [0.2, 0.25) is 0 Å². The zero-order valence-corrected chi connectivity index (χ0v) is 13.2. The first-order valence-electron chi connectivity index (χ1n) is 7.09. The van der Waals surface area contributed by atoms with Crippen LogP contribution in [0.3, 0.4) is 0 Å². The number of nitrogens with zero attached hydrogens (tertiary/aromatic N) is 1. The Hall–Kier alpha value is -1.88. The summed E-state index contributed by atoms with van der Waals surface area (Å²) in [6.07, 6.45) is 1.00. The highest BCUT2D eigenvalue weighted by atomic mass is 32.1. The van der Waals surface area contributed by atoms with E-state index in [2.05, 4.69) is 36.4 Å². The van der Waals surface area contributed by atoms with Gasteiger partial charge in [0.05, 0.1) is 11.4 Å². The Kier molecular flexibility index (Phi) is 3.92. The van der Waals surface area contributed by atoms with Gasteiger partial charge in [0.1, 0.15) is 13.2 Å². The summed E-state index contributed by atoms with van der Waals surface area (Å²) >= 11 is 1.79. The molecule has 1 aliphatic rings. The maximum absolute atomic E-state index is 6.18. The molecule has 3 rings (SSSR count). The molecule has 0 spiro atoms. The van der Waals surface area contributed by atoms with Crippen molar-refractivity contribution >= 4 is 22.7 Å². The van der Waals surface area contributed by atoms with Gasteiger partial charge in [-0.2, -0.15) is 0 Å². The first-order chi connectivity index (χ1) is 10.1. The molecular formula is C16H20N2O2S. The number of fused-ring (bicyclic) bond motifs is 1. The lowest BCUT2D eigenvalue weighted by Gasteiger charge is -2.29. The van der Waals surface area contributed by atoms with E-state index in [-0.39, 0.29) is 0 Å². The molecule has 2 heterocycles. The van der Waals surface area contributed by atoms with E-state index in [9.17, 15) is 0 Å². The van der Waals surface area contributed by atoms with E-state index < -0.39 is 0 Å². The second-order valence-electron chi connectivity index (χ2n) is 5.30. The van der Waals surface area contributed by atoms with Crippen molar-refractivity contribution in [2.75, 3.05) is 30.9 Å². The Bertz CT molecular complexity index is 613. The van der Waals surface area contributed by atoms with E-state index in [4.69, 9.17) is 15.2 Å². The Morgan fingerprint density at radius 1 is 1.29 bits per heavy atom. The summed E-state index contributed by atoms with van der Waals surface area (Å²) in [5, 5.41) is 2.11. The largest absolute Gasteiger partial charge is 0.486 e. The summed E-state index contributed by atoms with van der Waals surface area (Å²) < 4.78 is 11.2. The summed E-state index contributed by atoms with van der Waals surface area (Å²) in [5.41, 5.74) is 7.89. The SMILES string of the molecule is CC(Cc1cccs1)N(C)c1cc2c(cc1N)OCCO2. The minimum atomic E-state index is 0.355. The van der Waals surface area contributed by atoms with Gasteiger partial charge in [-0.15, -0.1) is 11.3 Å². The van der Waals surface area contributed by atoms with Gasteiger partial charge in [0.2, 0.25) is 0 Å². The van der Waals surface area contributed by atoms with Crippen molar-refractivity contribution in [1.29, 1.82) is 0 Å². The second kappa shape index (κ2) is 5.85. The molecule has 0 amide bonds. The van der Waals surface area contributed by atoms with Gasteiger partial charge >= 0.3 is 0 Å². The van der Waals surface area contributed by atoms with Gasteiger partial charge in [-0.1, -0.05) is 6.07 Å². The number of thiophene rings is 1. The molecule has 5 heteroatoms. The molecule has 21 heavy (non-hydrogen) atoms. The average Bonchev–Trinajstić information content (AvgIpc) is 2.98. The number of nitrogens with two attached hydrogens (primary N) is 1. The molecule has 0 saturated carbocycles. The first-order valence-corrected chi connectivity index (χ1v) is 7.97. The quantitative estimate of drug-likeness (QED) is 0.881. The number of ether oxygens (including phenoxy) is 2. The Labute approximate surface area is 129 Å². The number of benzene rings is 1. The van der Waals surface area contributed by atoms with Crippen molar-refractivity contribution in [3.05, 3.63) is 34.5 Å². The van der Waals surface area contributed by atoms with Crippen LogP contribution in [0.1, 0.15) is 11.8 Å². The zero-order valence-electron chi connectivity index (χ0n) is 12.3. The maximum atomic E-state index is 6.18. The molecule has 1 atom stereocenters. The van der Waals surface area contributed by atoms with Crippen LogP contribution < -0.4 is 20.1 Å². The fourth-order valence-electron chi connectivity index (χ4n) is 2.49. The van der Waals surface area contributed by atoms with E-state index in [1.807, 2.05) is 12.1 Å². The monoisotopic (exact) mass is 304 g/mol. The van der Waals surface area contributed by atoms with Crippen molar-refractivity contribution < 1.29 is 9.47 Å². The van der Waals surface area contributed by atoms with Crippen LogP contribution in [0.5, 0.6) is 11.5 Å². The molecule has 0 fully saturated rings. The Balaban J connectivity index is 1.81. The lowest BCUT2D eigenvalue weighted by atomic mass is 10.1. The highest BCUT2D eigenvalue weighted by Gasteiger charge is 2.19. The van der Waals surface area contributed by atoms with Gasteiger partial charge in [0.15, 0.2) is 11.5 Å². The number of rotatable bonds is 4. The highest BCUT2D eigenvalue weighted by molar-refractivity contribution is 7.09. The molecular weight excluding hydrogens is 284 g/mol. The predicted octanol–water partition coefficient (Wildman–Crippen LogP) is 3.17. The standard InChI is InChI=1S/C16H20N2O2S/c1-11(8-12-4-3-7-21-12)18(2)14-10-16-15(9-13(14)17)19-5-6-20-16/h3-4,7,9-11H,5-6,8,17H2,1-2H3. The van der Waals surface area contributed by atoms with Crippen molar-refractivity contribution in [1.82, 2.24) is 0 Å². The molecule has 112 valence electrons. The van der Waals surface area contributed by atoms with Gasteiger partial charge in [-0.05, 0) is 18.4 Å². The third-order valence-corrected chi connectivity index (χ3v) is 4.71. The molecule has 0 aliphatic carbocycles. The third-order valence-electron chi connectivity index (χ3n) is 3.81. The van der Waals surface area contributed by atoms with Crippen molar-refractivity contribution in [2.24, 2.45) is 0 Å². The number of anilines is 2. The summed E-state index contributed by atoms with van der Waals surface area (Å²) in [5.74, 6) is 1.52. The summed E-state index contributed by atoms with van der Waals surface area (Å²) in [6.45, 7) is 3.37. The van der Waals surface area contributed by atoms with Gasteiger partial charge in [0, 0.05) is 36.5 Å². The fourth-order valence-corrected chi connectivity index (χ4v) is 3.32. The average molecular weight is 304 g/mol. The van der Waals surface area contributed by atoms with Gasteiger partial charge in [-0.25, -0.2) is 0 Å². The lowest BCUT2D eigenvalue weighted by molar-refractivity contribution is 0.172. The van der Waals surface area contributed by atoms with E-state index in [0.29, 0.717) is 19.3 Å². The third kappa shape index (κ3) is 2.93. The number of hydrogen-bond donors (Lipinski definition) is 1. The van der Waals surface area contributed by atoms with E-state index in [0.717, 1.165) is 29.3 Å². The number of hydrogen-bond acceptors (Lipinski definition) is 5. The van der Waals surface area contributed by atoms with E-state index in [1.54, 1.807) is 11.3 Å². The summed E-state index contributed by atoms with van der Waals surface area (Å²) in [4.78, 5) is 3.58. The van der Waals surface area contributed by atoms with Crippen LogP contribution in [-0.2, 0) is 6.42 Å². The number of likely N-dealkylation sites (N-methyl/N-ethyl adjacent to an activating group) is 1. The Morgan fingerprint density at radius 2 is 2.00 bits per heavy atom. The maximum Gasteiger partial charge on any atom is 0.163 e. The van der Waals surface area contributed by atoms with Crippen LogP contribution in [0.4, 0.5) is 11.4 Å². The smallest absolute Gasteiger partial charge is 0.163 e. The molecule has 0 bridgehead atoms. The van der Waals surface area contributed by atoms with Crippen LogP contribution in [0.25, 0.3) is 0 Å². The van der Waals surface area contributed by atoms with Crippen molar-refractivity contribution in [3.8, 4) is 11.5 Å². The predicted molar refractivity (Wildman–Crippen MR) is 87.7 cm³/mol. The highest BCUT2D eigenvalue weighted by Crippen LogP contribution is 2.39. The minimum absolute atomic E-state index is 0.355. The van der Waals surface area contributed by atoms with Crippen LogP contribution in [0.15, 0.2) is 29.6 Å². The minimum Gasteiger partial charge on any atom is -0.486 e. The van der Waals surface area contributed by atoms with Crippen LogP contribution >= 0.6 is 11.3 Å². The lowest BCUT2D eigenvalue weighted by Crippen LogP contribution is -2.31. The molecule has 1 aromatic heterocycles. The van der Waals surface area contributed by atoms with Crippen molar-refractivity contribution in [2.45, 2.75) is 19.4 Å². The normalized spacial score (nSPS) is 14.8. The van der Waals surface area contributed by atoms with Gasteiger partial charge in [-0.3, -0.25) is 0 Å². The molecule has 1 aliphatic heterocycles. The van der Waals surface area contributed by atoms with Gasteiger partial charge in [0.25, 0.3) is 0 Å².